The van der Waals surface area contributed by atoms with Crippen LogP contribution < -0.4 is 0 Å². The lowest BCUT2D eigenvalue weighted by atomic mass is 9.89. The summed E-state index contributed by atoms with van der Waals surface area (Å²) in [7, 11) is 1.96. The van der Waals surface area contributed by atoms with E-state index < -0.39 is 0 Å². The summed E-state index contributed by atoms with van der Waals surface area (Å²) in [5.41, 5.74) is 1.21. The van der Waals surface area contributed by atoms with E-state index in [1.807, 2.05) is 11.9 Å². The summed E-state index contributed by atoms with van der Waals surface area (Å²) in [5, 5.41) is 1.24. The SMILES string of the molecule is CN(CC1CCCCC1)C(=O)CCn1ccc2ccccc21. The van der Waals surface area contributed by atoms with E-state index in [1.165, 1.54) is 43.0 Å². The van der Waals surface area contributed by atoms with Crippen LogP contribution in [0.15, 0.2) is 36.5 Å². The van der Waals surface area contributed by atoms with E-state index in [0.717, 1.165) is 19.0 Å². The number of nitrogens with zero attached hydrogens (tertiary/aromatic N) is 2. The van der Waals surface area contributed by atoms with Gasteiger partial charge in [-0.3, -0.25) is 4.79 Å². The van der Waals surface area contributed by atoms with Gasteiger partial charge in [0, 0.05) is 38.3 Å². The maximum atomic E-state index is 12.4. The largest absolute Gasteiger partial charge is 0.347 e. The standard InChI is InChI=1S/C19H26N2O/c1-20(15-16-7-3-2-4-8-16)19(22)12-14-21-13-11-17-9-5-6-10-18(17)21/h5-6,9-11,13,16H,2-4,7-8,12,14-15H2,1H3. The molecule has 0 spiro atoms. The Morgan fingerprint density at radius 1 is 1.18 bits per heavy atom. The van der Waals surface area contributed by atoms with Crippen LogP contribution in [-0.2, 0) is 11.3 Å². The Labute approximate surface area is 132 Å². The molecule has 0 unspecified atom stereocenters. The predicted molar refractivity (Wildman–Crippen MR) is 90.8 cm³/mol. The van der Waals surface area contributed by atoms with Crippen LogP contribution in [0.1, 0.15) is 38.5 Å². The fourth-order valence-corrected chi connectivity index (χ4v) is 3.60. The van der Waals surface area contributed by atoms with E-state index in [4.69, 9.17) is 0 Å². The number of carbonyl (C=O) groups excluding carboxylic acids is 1. The molecular formula is C19H26N2O. The Bertz CT molecular complexity index is 625. The van der Waals surface area contributed by atoms with Crippen molar-refractivity contribution in [2.45, 2.75) is 45.1 Å². The molecular weight excluding hydrogens is 272 g/mol. The summed E-state index contributed by atoms with van der Waals surface area (Å²) < 4.78 is 2.18. The highest BCUT2D eigenvalue weighted by Gasteiger charge is 2.18. The molecule has 118 valence electrons. The van der Waals surface area contributed by atoms with Gasteiger partial charge in [0.05, 0.1) is 0 Å². The second-order valence-corrected chi connectivity index (χ2v) is 6.60. The minimum absolute atomic E-state index is 0.267. The molecule has 1 fully saturated rings. The molecule has 0 atom stereocenters. The average Bonchev–Trinajstić information content (AvgIpc) is 2.97. The second kappa shape index (κ2) is 6.99. The number of rotatable bonds is 5. The first-order valence-corrected chi connectivity index (χ1v) is 8.52. The van der Waals surface area contributed by atoms with Crippen molar-refractivity contribution in [3.63, 3.8) is 0 Å². The molecule has 2 aromatic rings. The Balaban J connectivity index is 1.53. The smallest absolute Gasteiger partial charge is 0.224 e. The van der Waals surface area contributed by atoms with Crippen molar-refractivity contribution in [3.8, 4) is 0 Å². The van der Waals surface area contributed by atoms with Crippen LogP contribution in [-0.4, -0.2) is 29.0 Å². The highest BCUT2D eigenvalue weighted by Crippen LogP contribution is 2.24. The molecule has 1 aliphatic carbocycles. The second-order valence-electron chi connectivity index (χ2n) is 6.60. The molecule has 3 rings (SSSR count). The van der Waals surface area contributed by atoms with Crippen molar-refractivity contribution < 1.29 is 4.79 Å². The average molecular weight is 298 g/mol. The van der Waals surface area contributed by atoms with Crippen molar-refractivity contribution in [2.75, 3.05) is 13.6 Å². The number of benzene rings is 1. The third-order valence-electron chi connectivity index (χ3n) is 4.93. The number of hydrogen-bond donors (Lipinski definition) is 0. The molecule has 0 bridgehead atoms. The van der Waals surface area contributed by atoms with E-state index in [2.05, 4.69) is 41.1 Å². The zero-order valence-electron chi connectivity index (χ0n) is 13.5. The van der Waals surface area contributed by atoms with Gasteiger partial charge in [-0.1, -0.05) is 37.5 Å². The van der Waals surface area contributed by atoms with Crippen molar-refractivity contribution in [1.29, 1.82) is 0 Å². The fourth-order valence-electron chi connectivity index (χ4n) is 3.60. The van der Waals surface area contributed by atoms with Gasteiger partial charge in [-0.2, -0.15) is 0 Å². The maximum Gasteiger partial charge on any atom is 0.224 e. The monoisotopic (exact) mass is 298 g/mol. The van der Waals surface area contributed by atoms with Crippen LogP contribution in [0.3, 0.4) is 0 Å². The minimum atomic E-state index is 0.267. The van der Waals surface area contributed by atoms with E-state index in [9.17, 15) is 4.79 Å². The van der Waals surface area contributed by atoms with Gasteiger partial charge in [-0.05, 0) is 36.3 Å². The fraction of sp³-hybridized carbons (Fsp3) is 0.526. The van der Waals surface area contributed by atoms with E-state index >= 15 is 0 Å². The van der Waals surface area contributed by atoms with Gasteiger partial charge in [-0.15, -0.1) is 0 Å². The highest BCUT2D eigenvalue weighted by atomic mass is 16.2. The lowest BCUT2D eigenvalue weighted by Gasteiger charge is -2.27. The molecule has 1 heterocycles. The molecule has 22 heavy (non-hydrogen) atoms. The molecule has 0 saturated heterocycles. The number of hydrogen-bond acceptors (Lipinski definition) is 1. The topological polar surface area (TPSA) is 25.2 Å². The molecule has 3 heteroatoms. The molecule has 1 saturated carbocycles. The first-order chi connectivity index (χ1) is 10.7. The van der Waals surface area contributed by atoms with E-state index in [0.29, 0.717) is 6.42 Å². The summed E-state index contributed by atoms with van der Waals surface area (Å²) in [6, 6.07) is 10.4. The normalized spacial score (nSPS) is 16.0. The van der Waals surface area contributed by atoms with Crippen LogP contribution in [0.25, 0.3) is 10.9 Å². The number of fused-ring (bicyclic) bond motifs is 1. The Kier molecular flexibility index (Phi) is 4.81. The predicted octanol–water partition coefficient (Wildman–Crippen LogP) is 4.07. The number of aromatic nitrogens is 1. The molecule has 1 aromatic heterocycles. The van der Waals surface area contributed by atoms with Gasteiger partial charge in [0.25, 0.3) is 0 Å². The minimum Gasteiger partial charge on any atom is -0.347 e. The Hall–Kier alpha value is -1.77. The molecule has 1 amide bonds. The third kappa shape index (κ3) is 3.52. The Morgan fingerprint density at radius 2 is 1.95 bits per heavy atom. The van der Waals surface area contributed by atoms with Crippen LogP contribution in [0.2, 0.25) is 0 Å². The lowest BCUT2D eigenvalue weighted by molar-refractivity contribution is -0.130. The van der Waals surface area contributed by atoms with Crippen molar-refractivity contribution in [1.82, 2.24) is 9.47 Å². The van der Waals surface area contributed by atoms with Gasteiger partial charge in [0.15, 0.2) is 0 Å². The van der Waals surface area contributed by atoms with Crippen molar-refractivity contribution in [2.24, 2.45) is 5.92 Å². The number of aryl methyl sites for hydroxylation is 1. The van der Waals surface area contributed by atoms with Crippen LogP contribution in [0, 0.1) is 5.92 Å². The Morgan fingerprint density at radius 3 is 2.77 bits per heavy atom. The number of para-hydroxylation sites is 1. The first kappa shape index (κ1) is 15.1. The van der Waals surface area contributed by atoms with Gasteiger partial charge in [0.2, 0.25) is 5.91 Å². The first-order valence-electron chi connectivity index (χ1n) is 8.52. The third-order valence-corrected chi connectivity index (χ3v) is 4.93. The van der Waals surface area contributed by atoms with Gasteiger partial charge >= 0.3 is 0 Å². The van der Waals surface area contributed by atoms with Gasteiger partial charge in [0.1, 0.15) is 0 Å². The zero-order chi connectivity index (χ0) is 15.4. The van der Waals surface area contributed by atoms with E-state index in [-0.39, 0.29) is 5.91 Å². The number of carbonyl (C=O) groups is 1. The van der Waals surface area contributed by atoms with E-state index in [1.54, 1.807) is 0 Å². The summed E-state index contributed by atoms with van der Waals surface area (Å²) in [5.74, 6) is 0.985. The van der Waals surface area contributed by atoms with Crippen molar-refractivity contribution >= 4 is 16.8 Å². The van der Waals surface area contributed by atoms with Gasteiger partial charge in [-0.25, -0.2) is 0 Å². The summed E-state index contributed by atoms with van der Waals surface area (Å²) >= 11 is 0. The quantitative estimate of drug-likeness (QED) is 0.817. The summed E-state index contributed by atoms with van der Waals surface area (Å²) in [6.45, 7) is 1.70. The molecule has 1 aromatic carbocycles. The maximum absolute atomic E-state index is 12.4. The van der Waals surface area contributed by atoms with Crippen molar-refractivity contribution in [3.05, 3.63) is 36.5 Å². The zero-order valence-corrected chi connectivity index (χ0v) is 13.5. The number of amides is 1. The molecule has 1 aliphatic rings. The summed E-state index contributed by atoms with van der Waals surface area (Å²) in [4.78, 5) is 14.3. The van der Waals surface area contributed by atoms with Crippen LogP contribution in [0.5, 0.6) is 0 Å². The van der Waals surface area contributed by atoms with Crippen LogP contribution >= 0.6 is 0 Å². The molecule has 0 radical (unpaired) electrons. The van der Waals surface area contributed by atoms with Crippen LogP contribution in [0.4, 0.5) is 0 Å². The summed E-state index contributed by atoms with van der Waals surface area (Å²) in [6.07, 6.45) is 9.29. The lowest BCUT2D eigenvalue weighted by Crippen LogP contribution is -2.33. The van der Waals surface area contributed by atoms with Gasteiger partial charge < -0.3 is 9.47 Å². The molecule has 3 nitrogen and oxygen atoms in total. The highest BCUT2D eigenvalue weighted by molar-refractivity contribution is 5.80. The molecule has 0 N–H and O–H groups in total. The molecule has 0 aliphatic heterocycles.